The van der Waals surface area contributed by atoms with Gasteiger partial charge in [-0.1, -0.05) is 18.2 Å². The van der Waals surface area contributed by atoms with Gasteiger partial charge >= 0.3 is 0 Å². The zero-order chi connectivity index (χ0) is 16.1. The van der Waals surface area contributed by atoms with E-state index in [-0.39, 0.29) is 5.91 Å². The zero-order valence-corrected chi connectivity index (χ0v) is 12.9. The van der Waals surface area contributed by atoms with E-state index in [9.17, 15) is 4.79 Å². The maximum Gasteiger partial charge on any atom is 0.252 e. The number of hydrogen-bond donors (Lipinski definition) is 1. The Morgan fingerprint density at radius 1 is 1.26 bits per heavy atom. The molecule has 0 aliphatic heterocycles. The molecule has 2 aromatic heterocycles. The number of nitrogens with zero attached hydrogens (tertiary/aromatic N) is 1. The van der Waals surface area contributed by atoms with E-state index in [1.165, 1.54) is 0 Å². The number of pyridine rings is 1. The second-order valence-corrected chi connectivity index (χ2v) is 5.15. The lowest BCUT2D eigenvalue weighted by Gasteiger charge is -2.09. The first-order valence-corrected chi connectivity index (χ1v) is 7.50. The average molecular weight is 310 g/mol. The lowest BCUT2D eigenvalue weighted by atomic mass is 10.1. The van der Waals surface area contributed by atoms with Gasteiger partial charge < -0.3 is 14.5 Å². The van der Waals surface area contributed by atoms with Gasteiger partial charge in [-0.3, -0.25) is 4.79 Å². The molecule has 0 saturated heterocycles. The van der Waals surface area contributed by atoms with Crippen LogP contribution in [0.3, 0.4) is 0 Å². The Bertz CT molecular complexity index is 797. The lowest BCUT2D eigenvalue weighted by Crippen LogP contribution is -2.25. The third-order valence-corrected chi connectivity index (χ3v) is 3.55. The number of methoxy groups -OCH3 is 1. The Balaban J connectivity index is 1.95. The number of amides is 1. The molecule has 0 spiro atoms. The Morgan fingerprint density at radius 2 is 2.13 bits per heavy atom. The minimum Gasteiger partial charge on any atom is -0.463 e. The number of carbonyl (C=O) groups excluding carboxylic acids is 1. The molecular weight excluding hydrogens is 292 g/mol. The Labute approximate surface area is 134 Å². The third-order valence-electron chi connectivity index (χ3n) is 3.55. The van der Waals surface area contributed by atoms with Crippen molar-refractivity contribution in [3.05, 3.63) is 54.3 Å². The third kappa shape index (κ3) is 3.40. The SMILES string of the molecule is COCCCNC(=O)c1cc(-c2ccco2)nc2ccccc12. The topological polar surface area (TPSA) is 64.4 Å². The summed E-state index contributed by atoms with van der Waals surface area (Å²) in [6, 6.07) is 13.0. The van der Waals surface area contributed by atoms with Crippen LogP contribution in [0.2, 0.25) is 0 Å². The summed E-state index contributed by atoms with van der Waals surface area (Å²) in [4.78, 5) is 17.1. The molecule has 0 radical (unpaired) electrons. The molecule has 0 aliphatic rings. The van der Waals surface area contributed by atoms with Gasteiger partial charge in [0, 0.05) is 25.6 Å². The summed E-state index contributed by atoms with van der Waals surface area (Å²) in [6.45, 7) is 1.19. The van der Waals surface area contributed by atoms with Gasteiger partial charge in [-0.05, 0) is 30.7 Å². The molecule has 3 rings (SSSR count). The van der Waals surface area contributed by atoms with Crippen molar-refractivity contribution in [3.63, 3.8) is 0 Å². The molecule has 3 aromatic rings. The molecule has 1 aromatic carbocycles. The highest BCUT2D eigenvalue weighted by Crippen LogP contribution is 2.25. The highest BCUT2D eigenvalue weighted by atomic mass is 16.5. The maximum absolute atomic E-state index is 12.5. The first-order valence-electron chi connectivity index (χ1n) is 7.50. The van der Waals surface area contributed by atoms with Crippen molar-refractivity contribution in [2.24, 2.45) is 0 Å². The molecule has 0 aliphatic carbocycles. The van der Waals surface area contributed by atoms with Gasteiger partial charge in [-0.15, -0.1) is 0 Å². The van der Waals surface area contributed by atoms with E-state index in [4.69, 9.17) is 9.15 Å². The Kier molecular flexibility index (Phi) is 4.68. The molecule has 0 atom stereocenters. The number of aromatic nitrogens is 1. The first-order chi connectivity index (χ1) is 11.3. The van der Waals surface area contributed by atoms with Gasteiger partial charge in [-0.25, -0.2) is 4.98 Å². The van der Waals surface area contributed by atoms with Crippen molar-refractivity contribution < 1.29 is 13.9 Å². The number of furan rings is 1. The van der Waals surface area contributed by atoms with Crippen LogP contribution in [0.1, 0.15) is 16.8 Å². The largest absolute Gasteiger partial charge is 0.463 e. The molecule has 0 saturated carbocycles. The number of benzene rings is 1. The summed E-state index contributed by atoms with van der Waals surface area (Å²) in [5.74, 6) is 0.525. The number of nitrogens with one attached hydrogen (secondary N) is 1. The van der Waals surface area contributed by atoms with E-state index < -0.39 is 0 Å². The molecule has 0 unspecified atom stereocenters. The Morgan fingerprint density at radius 3 is 2.91 bits per heavy atom. The minimum atomic E-state index is -0.118. The summed E-state index contributed by atoms with van der Waals surface area (Å²) in [7, 11) is 1.65. The first kappa shape index (κ1) is 15.2. The summed E-state index contributed by atoms with van der Waals surface area (Å²) in [5.41, 5.74) is 2.01. The molecule has 5 heteroatoms. The summed E-state index contributed by atoms with van der Waals surface area (Å²) in [6.07, 6.45) is 2.37. The van der Waals surface area contributed by atoms with E-state index in [0.29, 0.717) is 30.2 Å². The van der Waals surface area contributed by atoms with Gasteiger partial charge in [0.25, 0.3) is 5.91 Å². The molecule has 5 nitrogen and oxygen atoms in total. The van der Waals surface area contributed by atoms with Gasteiger partial charge in [-0.2, -0.15) is 0 Å². The van der Waals surface area contributed by atoms with Crippen molar-refractivity contribution in [2.45, 2.75) is 6.42 Å². The van der Waals surface area contributed by atoms with Crippen molar-refractivity contribution in [2.75, 3.05) is 20.3 Å². The Hall–Kier alpha value is -2.66. The fraction of sp³-hybridized carbons (Fsp3) is 0.222. The standard InChI is InChI=1S/C18H18N2O3/c1-22-10-5-9-19-18(21)14-12-16(17-8-4-11-23-17)20-15-7-3-2-6-13(14)15/h2-4,6-8,11-12H,5,9-10H2,1H3,(H,19,21). The zero-order valence-electron chi connectivity index (χ0n) is 12.9. The van der Waals surface area contributed by atoms with Crippen molar-refractivity contribution >= 4 is 16.8 Å². The summed E-state index contributed by atoms with van der Waals surface area (Å²) in [5, 5.41) is 3.75. The minimum absolute atomic E-state index is 0.118. The maximum atomic E-state index is 12.5. The van der Waals surface area contributed by atoms with E-state index in [2.05, 4.69) is 10.3 Å². The molecular formula is C18H18N2O3. The molecule has 0 bridgehead atoms. The number of para-hydroxylation sites is 1. The molecule has 1 N–H and O–H groups in total. The van der Waals surface area contributed by atoms with Crippen LogP contribution >= 0.6 is 0 Å². The van der Waals surface area contributed by atoms with E-state index >= 15 is 0 Å². The van der Waals surface area contributed by atoms with Gasteiger partial charge in [0.05, 0.1) is 17.3 Å². The highest BCUT2D eigenvalue weighted by Gasteiger charge is 2.14. The van der Waals surface area contributed by atoms with Crippen LogP contribution in [-0.4, -0.2) is 31.2 Å². The van der Waals surface area contributed by atoms with Crippen LogP contribution in [0.25, 0.3) is 22.4 Å². The predicted molar refractivity (Wildman–Crippen MR) is 88.3 cm³/mol. The smallest absolute Gasteiger partial charge is 0.252 e. The molecule has 0 fully saturated rings. The molecule has 2 heterocycles. The molecule has 1 amide bonds. The monoisotopic (exact) mass is 310 g/mol. The van der Waals surface area contributed by atoms with Gasteiger partial charge in [0.15, 0.2) is 5.76 Å². The number of hydrogen-bond acceptors (Lipinski definition) is 4. The molecule has 23 heavy (non-hydrogen) atoms. The van der Waals surface area contributed by atoms with E-state index in [1.54, 1.807) is 25.5 Å². The fourth-order valence-electron chi connectivity index (χ4n) is 2.43. The van der Waals surface area contributed by atoms with Crippen LogP contribution in [-0.2, 0) is 4.74 Å². The second kappa shape index (κ2) is 7.07. The van der Waals surface area contributed by atoms with Crippen LogP contribution in [0, 0.1) is 0 Å². The number of carbonyl (C=O) groups is 1. The van der Waals surface area contributed by atoms with Crippen molar-refractivity contribution in [1.29, 1.82) is 0 Å². The second-order valence-electron chi connectivity index (χ2n) is 5.15. The van der Waals surface area contributed by atoms with Crippen LogP contribution < -0.4 is 5.32 Å². The van der Waals surface area contributed by atoms with Crippen molar-refractivity contribution in [1.82, 2.24) is 10.3 Å². The quantitative estimate of drug-likeness (QED) is 0.710. The highest BCUT2D eigenvalue weighted by molar-refractivity contribution is 6.07. The lowest BCUT2D eigenvalue weighted by molar-refractivity contribution is 0.0950. The number of fused-ring (bicyclic) bond motifs is 1. The predicted octanol–water partition coefficient (Wildman–Crippen LogP) is 3.26. The number of ether oxygens (including phenoxy) is 1. The van der Waals surface area contributed by atoms with Crippen LogP contribution in [0.5, 0.6) is 0 Å². The van der Waals surface area contributed by atoms with Gasteiger partial charge in [0.2, 0.25) is 0 Å². The van der Waals surface area contributed by atoms with Gasteiger partial charge in [0.1, 0.15) is 5.69 Å². The average Bonchev–Trinajstić information content (AvgIpc) is 3.12. The van der Waals surface area contributed by atoms with Crippen LogP contribution in [0.15, 0.2) is 53.1 Å². The fourth-order valence-corrected chi connectivity index (χ4v) is 2.43. The van der Waals surface area contributed by atoms with E-state index in [0.717, 1.165) is 17.3 Å². The van der Waals surface area contributed by atoms with Crippen LogP contribution in [0.4, 0.5) is 0 Å². The summed E-state index contributed by atoms with van der Waals surface area (Å²) < 4.78 is 10.4. The van der Waals surface area contributed by atoms with E-state index in [1.807, 2.05) is 30.3 Å². The summed E-state index contributed by atoms with van der Waals surface area (Å²) >= 11 is 0. The number of rotatable bonds is 6. The van der Waals surface area contributed by atoms with Crippen molar-refractivity contribution in [3.8, 4) is 11.5 Å². The normalized spacial score (nSPS) is 10.8. The molecule has 118 valence electrons.